The molecule has 2 aromatic rings. The Balaban J connectivity index is 2.40. The summed E-state index contributed by atoms with van der Waals surface area (Å²) in [7, 11) is -3.58. The predicted molar refractivity (Wildman–Crippen MR) is 95.2 cm³/mol. The van der Waals surface area contributed by atoms with E-state index in [4.69, 9.17) is 0 Å². The number of benzene rings is 2. The maximum Gasteiger partial charge on any atom is 0.265 e. The van der Waals surface area contributed by atoms with Crippen LogP contribution in [-0.2, 0) is 10.0 Å². The SMILES string of the molecule is CCCSc1cc(-c2ccccc2)ccc1C(=O)NS(C)(=O)=O. The van der Waals surface area contributed by atoms with Crippen molar-refractivity contribution < 1.29 is 13.2 Å². The first kappa shape index (κ1) is 17.6. The van der Waals surface area contributed by atoms with Gasteiger partial charge in [0.2, 0.25) is 10.0 Å². The summed E-state index contributed by atoms with van der Waals surface area (Å²) in [5, 5.41) is 0. The number of nitrogens with one attached hydrogen (secondary N) is 1. The van der Waals surface area contributed by atoms with Crippen LogP contribution in [0.25, 0.3) is 11.1 Å². The third-order valence-corrected chi connectivity index (χ3v) is 4.89. The summed E-state index contributed by atoms with van der Waals surface area (Å²) in [4.78, 5) is 13.0. The molecule has 0 heterocycles. The Morgan fingerprint density at radius 2 is 1.78 bits per heavy atom. The number of sulfonamides is 1. The van der Waals surface area contributed by atoms with Crippen molar-refractivity contribution in [3.63, 3.8) is 0 Å². The van der Waals surface area contributed by atoms with Gasteiger partial charge in [0.25, 0.3) is 5.91 Å². The van der Waals surface area contributed by atoms with Gasteiger partial charge in [-0.1, -0.05) is 43.3 Å². The molecule has 2 aromatic carbocycles. The fourth-order valence-electron chi connectivity index (χ4n) is 2.07. The molecule has 0 aromatic heterocycles. The maximum absolute atomic E-state index is 12.2. The van der Waals surface area contributed by atoms with Gasteiger partial charge >= 0.3 is 0 Å². The Bertz CT molecular complexity index is 787. The van der Waals surface area contributed by atoms with Gasteiger partial charge in [-0.05, 0) is 35.4 Å². The molecule has 23 heavy (non-hydrogen) atoms. The highest BCUT2D eigenvalue weighted by Crippen LogP contribution is 2.29. The topological polar surface area (TPSA) is 63.2 Å². The molecule has 0 atom stereocenters. The zero-order chi connectivity index (χ0) is 16.9. The first-order valence-corrected chi connectivity index (χ1v) is 10.1. The van der Waals surface area contributed by atoms with Crippen LogP contribution >= 0.6 is 11.8 Å². The van der Waals surface area contributed by atoms with Crippen molar-refractivity contribution in [2.24, 2.45) is 0 Å². The molecule has 0 aliphatic heterocycles. The molecule has 4 nitrogen and oxygen atoms in total. The lowest BCUT2D eigenvalue weighted by Crippen LogP contribution is -2.29. The van der Waals surface area contributed by atoms with Crippen molar-refractivity contribution in [1.82, 2.24) is 4.72 Å². The highest BCUT2D eigenvalue weighted by atomic mass is 32.2. The zero-order valence-corrected chi connectivity index (χ0v) is 14.7. The molecule has 0 fully saturated rings. The van der Waals surface area contributed by atoms with Crippen molar-refractivity contribution in [1.29, 1.82) is 0 Å². The molecule has 0 saturated carbocycles. The smallest absolute Gasteiger partial charge is 0.265 e. The second-order valence-electron chi connectivity index (χ2n) is 5.13. The van der Waals surface area contributed by atoms with Crippen LogP contribution in [0.15, 0.2) is 53.4 Å². The molecule has 1 N–H and O–H groups in total. The van der Waals surface area contributed by atoms with Crippen molar-refractivity contribution >= 4 is 27.7 Å². The number of carbonyl (C=O) groups excluding carboxylic acids is 1. The van der Waals surface area contributed by atoms with Gasteiger partial charge in [-0.15, -0.1) is 11.8 Å². The molecule has 2 rings (SSSR count). The molecule has 0 aliphatic rings. The largest absolute Gasteiger partial charge is 0.268 e. The van der Waals surface area contributed by atoms with Crippen molar-refractivity contribution in [3.8, 4) is 11.1 Å². The van der Waals surface area contributed by atoms with E-state index >= 15 is 0 Å². The summed E-state index contributed by atoms with van der Waals surface area (Å²) < 4.78 is 24.6. The summed E-state index contributed by atoms with van der Waals surface area (Å²) >= 11 is 1.55. The number of amides is 1. The normalized spacial score (nSPS) is 11.2. The average molecular weight is 349 g/mol. The lowest BCUT2D eigenvalue weighted by molar-refractivity contribution is 0.0979. The van der Waals surface area contributed by atoms with Crippen LogP contribution < -0.4 is 4.72 Å². The van der Waals surface area contributed by atoms with E-state index in [9.17, 15) is 13.2 Å². The molecule has 0 saturated heterocycles. The van der Waals surface area contributed by atoms with E-state index in [1.165, 1.54) is 0 Å². The van der Waals surface area contributed by atoms with Crippen LogP contribution in [0.3, 0.4) is 0 Å². The Hall–Kier alpha value is -1.79. The standard InChI is InChI=1S/C17H19NO3S2/c1-3-11-22-16-12-14(13-7-5-4-6-8-13)9-10-15(16)17(19)18-23(2,20)21/h4-10,12H,3,11H2,1-2H3,(H,18,19). The van der Waals surface area contributed by atoms with Gasteiger partial charge < -0.3 is 0 Å². The summed E-state index contributed by atoms with van der Waals surface area (Å²) in [6, 6.07) is 15.3. The fourth-order valence-corrected chi connectivity index (χ4v) is 3.47. The highest BCUT2D eigenvalue weighted by molar-refractivity contribution is 7.99. The molecule has 0 spiro atoms. The minimum absolute atomic E-state index is 0.383. The van der Waals surface area contributed by atoms with Gasteiger partial charge in [0.15, 0.2) is 0 Å². The number of thioether (sulfide) groups is 1. The molecule has 0 unspecified atom stereocenters. The molecule has 0 bridgehead atoms. The van der Waals surface area contributed by atoms with Crippen molar-refractivity contribution in [2.75, 3.05) is 12.0 Å². The molecule has 122 valence electrons. The number of hydrogen-bond acceptors (Lipinski definition) is 4. The molecular weight excluding hydrogens is 330 g/mol. The van der Waals surface area contributed by atoms with E-state index in [2.05, 4.69) is 6.92 Å². The van der Waals surface area contributed by atoms with Crippen molar-refractivity contribution in [2.45, 2.75) is 18.2 Å². The van der Waals surface area contributed by atoms with E-state index < -0.39 is 15.9 Å². The number of carbonyl (C=O) groups is 1. The average Bonchev–Trinajstić information content (AvgIpc) is 2.52. The van der Waals surface area contributed by atoms with Gasteiger partial charge in [0.05, 0.1) is 11.8 Å². The Morgan fingerprint density at radius 3 is 2.39 bits per heavy atom. The Kier molecular flexibility index (Phi) is 5.85. The molecule has 1 amide bonds. The first-order valence-electron chi connectivity index (χ1n) is 7.25. The molecular formula is C17H19NO3S2. The van der Waals surface area contributed by atoms with Gasteiger partial charge in [-0.2, -0.15) is 0 Å². The van der Waals surface area contributed by atoms with Gasteiger partial charge in [0.1, 0.15) is 0 Å². The third-order valence-electron chi connectivity index (χ3n) is 3.07. The Morgan fingerprint density at radius 1 is 1.09 bits per heavy atom. The quantitative estimate of drug-likeness (QED) is 0.810. The molecule has 6 heteroatoms. The van der Waals surface area contributed by atoms with Crippen LogP contribution in [-0.4, -0.2) is 26.3 Å². The second-order valence-corrected chi connectivity index (χ2v) is 8.01. The predicted octanol–water partition coefficient (Wildman–Crippen LogP) is 3.55. The minimum atomic E-state index is -3.58. The van der Waals surface area contributed by atoms with E-state index in [1.807, 2.05) is 47.2 Å². The van der Waals surface area contributed by atoms with E-state index in [0.29, 0.717) is 5.56 Å². The van der Waals surface area contributed by atoms with Gasteiger partial charge in [-0.25, -0.2) is 13.1 Å². The number of rotatable bonds is 6. The Labute approximate surface area is 141 Å². The summed E-state index contributed by atoms with van der Waals surface area (Å²) in [5.74, 6) is 0.267. The van der Waals surface area contributed by atoms with Gasteiger partial charge in [0, 0.05) is 4.90 Å². The van der Waals surface area contributed by atoms with E-state index in [0.717, 1.165) is 34.5 Å². The molecule has 0 radical (unpaired) electrons. The first-order chi connectivity index (χ1) is 10.9. The number of hydrogen-bond donors (Lipinski definition) is 1. The van der Waals surface area contributed by atoms with Crippen LogP contribution in [0, 0.1) is 0 Å². The maximum atomic E-state index is 12.2. The lowest BCUT2D eigenvalue weighted by Gasteiger charge is -2.11. The van der Waals surface area contributed by atoms with E-state index in [1.54, 1.807) is 17.8 Å². The fraction of sp³-hybridized carbons (Fsp3) is 0.235. The highest BCUT2D eigenvalue weighted by Gasteiger charge is 2.16. The van der Waals surface area contributed by atoms with Crippen LogP contribution in [0.1, 0.15) is 23.7 Å². The van der Waals surface area contributed by atoms with E-state index in [-0.39, 0.29) is 0 Å². The van der Waals surface area contributed by atoms with Crippen molar-refractivity contribution in [3.05, 3.63) is 54.1 Å². The van der Waals surface area contributed by atoms with Crippen LogP contribution in [0.5, 0.6) is 0 Å². The summed E-state index contributed by atoms with van der Waals surface area (Å²) in [6.45, 7) is 2.06. The lowest BCUT2D eigenvalue weighted by atomic mass is 10.0. The monoisotopic (exact) mass is 349 g/mol. The second kappa shape index (κ2) is 7.66. The van der Waals surface area contributed by atoms with Crippen LogP contribution in [0.2, 0.25) is 0 Å². The van der Waals surface area contributed by atoms with Crippen LogP contribution in [0.4, 0.5) is 0 Å². The third kappa shape index (κ3) is 5.11. The summed E-state index contributed by atoms with van der Waals surface area (Å²) in [5.41, 5.74) is 2.44. The molecule has 0 aliphatic carbocycles. The minimum Gasteiger partial charge on any atom is -0.268 e. The summed E-state index contributed by atoms with van der Waals surface area (Å²) in [6.07, 6.45) is 1.94. The zero-order valence-electron chi connectivity index (χ0n) is 13.1. The van der Waals surface area contributed by atoms with Gasteiger partial charge in [-0.3, -0.25) is 4.79 Å².